The molecule has 1 saturated carbocycles. The van der Waals surface area contributed by atoms with E-state index in [0.717, 1.165) is 35.3 Å². The molecule has 4 radical (unpaired) electrons. The fraction of sp³-hybridized carbons (Fsp3) is 0.400. The number of nitrogens with zero attached hydrogens (tertiary/aromatic N) is 6. The highest BCUT2D eigenvalue weighted by Crippen LogP contribution is 2.45. The van der Waals surface area contributed by atoms with Crippen molar-refractivity contribution in [1.29, 1.82) is 0 Å². The zero-order valence-corrected chi connectivity index (χ0v) is 29.6. The van der Waals surface area contributed by atoms with Crippen LogP contribution in [0.1, 0.15) is 54.6 Å². The molecule has 3 aromatic rings. The molecule has 14 nitrogen and oxygen atoms in total. The summed E-state index contributed by atoms with van der Waals surface area (Å²) in [5.41, 5.74) is 18.0. The number of amides is 3. The van der Waals surface area contributed by atoms with E-state index in [1.807, 2.05) is 54.9 Å². The van der Waals surface area contributed by atoms with Gasteiger partial charge in [0, 0.05) is 69.1 Å². The zero-order valence-electron chi connectivity index (χ0n) is 29.6. The molecule has 0 bridgehead atoms. The van der Waals surface area contributed by atoms with E-state index < -0.39 is 11.2 Å². The molecule has 1 aromatic carbocycles. The normalized spacial score (nSPS) is 16.8. The number of carbonyl (C=O) groups is 3. The maximum atomic E-state index is 13.0. The number of hydrogen-bond donors (Lipinski definition) is 5. The minimum Gasteiger partial charge on any atom is -0.393 e. The van der Waals surface area contributed by atoms with Crippen LogP contribution in [0.5, 0.6) is 0 Å². The van der Waals surface area contributed by atoms with Crippen molar-refractivity contribution in [3.63, 3.8) is 0 Å². The van der Waals surface area contributed by atoms with Crippen molar-refractivity contribution in [2.24, 2.45) is 17.4 Å². The molecule has 0 spiro atoms. The fourth-order valence-electron chi connectivity index (χ4n) is 6.31. The summed E-state index contributed by atoms with van der Waals surface area (Å²) in [7, 11) is 18.5. The van der Waals surface area contributed by atoms with Crippen LogP contribution in [-0.2, 0) is 21.5 Å². The summed E-state index contributed by atoms with van der Waals surface area (Å²) >= 11 is 0. The summed E-state index contributed by atoms with van der Waals surface area (Å²) in [5, 5.41) is 12.3. The number of anilines is 2. The number of benzene rings is 1. The average Bonchev–Trinajstić information content (AvgIpc) is 3.84. The van der Waals surface area contributed by atoms with Gasteiger partial charge in [0.2, 0.25) is 5.91 Å². The van der Waals surface area contributed by atoms with E-state index >= 15 is 0 Å². The Morgan fingerprint density at radius 3 is 2.43 bits per heavy atom. The van der Waals surface area contributed by atoms with Gasteiger partial charge in [-0.25, -0.2) is 4.98 Å². The maximum Gasteiger partial charge on any atom is 0.271 e. The molecule has 3 amide bonds. The SMILES string of the molecule is [B]C([B])(c1cccc(C(=O)N(C)C)n1)N1CC(n2ncc3c2CN(C)c2c(NC(/C=C(\N)NC(=O)C4CC4)=C(/N)C(=O)NC(C)C)cccc2-3)C1. The Morgan fingerprint density at radius 1 is 1.06 bits per heavy atom. The molecule has 51 heavy (non-hydrogen) atoms. The molecule has 262 valence electrons. The van der Waals surface area contributed by atoms with Gasteiger partial charge in [-0.15, -0.1) is 0 Å². The van der Waals surface area contributed by atoms with Crippen molar-refractivity contribution in [3.05, 3.63) is 83.0 Å². The predicted molar refractivity (Wildman–Crippen MR) is 197 cm³/mol. The number of carbonyl (C=O) groups excluding carboxylic acids is 3. The molecule has 7 N–H and O–H groups in total. The third-order valence-corrected chi connectivity index (χ3v) is 9.25. The molecule has 2 aliphatic heterocycles. The Bertz CT molecular complexity index is 1930. The molecule has 16 heteroatoms. The number of likely N-dealkylation sites (tertiary alicyclic amines) is 1. The first kappa shape index (κ1) is 35.6. The first-order valence-electron chi connectivity index (χ1n) is 16.9. The minimum atomic E-state index is -1.38. The van der Waals surface area contributed by atoms with Crippen LogP contribution in [-0.4, -0.2) is 98.3 Å². The topological polar surface area (TPSA) is 180 Å². The molecule has 4 heterocycles. The first-order chi connectivity index (χ1) is 24.1. The molecule has 6 rings (SSSR count). The van der Waals surface area contributed by atoms with Crippen molar-refractivity contribution in [1.82, 2.24) is 35.2 Å². The molecule has 1 saturated heterocycles. The van der Waals surface area contributed by atoms with Gasteiger partial charge in [0.15, 0.2) is 0 Å². The summed E-state index contributed by atoms with van der Waals surface area (Å²) in [5.74, 6) is -0.823. The highest BCUT2D eigenvalue weighted by Gasteiger charge is 2.41. The number of aromatic nitrogens is 3. The van der Waals surface area contributed by atoms with E-state index in [9.17, 15) is 14.4 Å². The van der Waals surface area contributed by atoms with Gasteiger partial charge in [-0.3, -0.25) is 19.1 Å². The van der Waals surface area contributed by atoms with Gasteiger partial charge in [-0.1, -0.05) is 18.2 Å². The van der Waals surface area contributed by atoms with E-state index in [1.165, 1.54) is 11.0 Å². The average molecular weight is 687 g/mol. The lowest BCUT2D eigenvalue weighted by Crippen LogP contribution is -2.60. The Morgan fingerprint density at radius 2 is 1.76 bits per heavy atom. The number of nitrogens with two attached hydrogens (primary N) is 2. The second-order valence-electron chi connectivity index (χ2n) is 13.9. The number of rotatable bonds is 11. The Hall–Kier alpha value is -5.24. The van der Waals surface area contributed by atoms with Gasteiger partial charge in [-0.05, 0) is 50.2 Å². The van der Waals surface area contributed by atoms with Gasteiger partial charge < -0.3 is 42.1 Å². The Balaban J connectivity index is 1.24. The number of pyridine rings is 1. The third-order valence-electron chi connectivity index (χ3n) is 9.25. The smallest absolute Gasteiger partial charge is 0.271 e. The van der Waals surface area contributed by atoms with Crippen molar-refractivity contribution in [2.45, 2.75) is 50.7 Å². The molecule has 2 fully saturated rings. The van der Waals surface area contributed by atoms with Crippen LogP contribution in [0.15, 0.2) is 65.9 Å². The van der Waals surface area contributed by atoms with E-state index in [1.54, 1.807) is 32.3 Å². The first-order valence-corrected chi connectivity index (χ1v) is 16.9. The summed E-state index contributed by atoms with van der Waals surface area (Å²) in [6.07, 6.45) is 4.99. The van der Waals surface area contributed by atoms with E-state index in [-0.39, 0.29) is 52.7 Å². The lowest BCUT2D eigenvalue weighted by molar-refractivity contribution is -0.121. The quantitative estimate of drug-likeness (QED) is 0.111. The summed E-state index contributed by atoms with van der Waals surface area (Å²) < 4.78 is 2.02. The molecular formula is C35H43B2N11O3. The fourth-order valence-corrected chi connectivity index (χ4v) is 6.31. The highest BCUT2D eigenvalue weighted by molar-refractivity contribution is 6.39. The van der Waals surface area contributed by atoms with Crippen LogP contribution >= 0.6 is 0 Å². The van der Waals surface area contributed by atoms with Crippen LogP contribution < -0.4 is 32.3 Å². The van der Waals surface area contributed by atoms with Crippen LogP contribution in [0.3, 0.4) is 0 Å². The Labute approximate surface area is 300 Å². The van der Waals surface area contributed by atoms with Gasteiger partial charge in [0.05, 0.1) is 57.2 Å². The number of para-hydroxylation sites is 1. The summed E-state index contributed by atoms with van der Waals surface area (Å²) in [6, 6.07) is 10.8. The molecule has 0 atom stereocenters. The molecule has 0 unspecified atom stereocenters. The lowest BCUT2D eigenvalue weighted by atomic mass is 9.57. The van der Waals surface area contributed by atoms with Crippen molar-refractivity contribution in [3.8, 4) is 11.1 Å². The summed E-state index contributed by atoms with van der Waals surface area (Å²) in [6.45, 7) is 5.29. The van der Waals surface area contributed by atoms with Crippen LogP contribution in [0.4, 0.5) is 11.4 Å². The van der Waals surface area contributed by atoms with E-state index in [2.05, 4.69) is 25.8 Å². The van der Waals surface area contributed by atoms with Gasteiger partial charge >= 0.3 is 0 Å². The van der Waals surface area contributed by atoms with Crippen LogP contribution in [0, 0.1) is 5.92 Å². The van der Waals surface area contributed by atoms with Crippen LogP contribution in [0.25, 0.3) is 11.1 Å². The standard InChI is InChI=1S/C35H43B2N11O3/c1-19(2)41-33(50)30(39)26(14-29(38)44-32(49)20-12-13-20)42-24-9-6-8-22-23-15-40-48(27(23)18-46(5)31(22)24)21-16-47(17-21)35(36,37)28-11-7-10-25(43-28)34(51)45(3)4/h6-11,14-15,19-21,42H,12-13,16-18,38-39H2,1-5H3,(H,41,50)(H,44,49)/b29-14+,30-26+. The third kappa shape index (κ3) is 7.18. The Kier molecular flexibility index (Phi) is 9.64. The lowest BCUT2D eigenvalue weighted by Gasteiger charge is -2.50. The molecule has 1 aliphatic carbocycles. The predicted octanol–water partition coefficient (Wildman–Crippen LogP) is 1.03. The number of allylic oxidation sites excluding steroid dienone is 1. The highest BCUT2D eigenvalue weighted by atomic mass is 16.2. The van der Waals surface area contributed by atoms with Gasteiger partial charge in [0.25, 0.3) is 11.8 Å². The van der Waals surface area contributed by atoms with Gasteiger partial charge in [0.1, 0.15) is 17.2 Å². The second-order valence-corrected chi connectivity index (χ2v) is 13.9. The maximum absolute atomic E-state index is 13.0. The minimum absolute atomic E-state index is 0.0100. The monoisotopic (exact) mass is 687 g/mol. The van der Waals surface area contributed by atoms with E-state index in [0.29, 0.717) is 31.0 Å². The van der Waals surface area contributed by atoms with Crippen molar-refractivity contribution in [2.75, 3.05) is 44.4 Å². The van der Waals surface area contributed by atoms with Crippen molar-refractivity contribution >= 4 is 44.8 Å². The van der Waals surface area contributed by atoms with Crippen LogP contribution in [0.2, 0.25) is 0 Å². The number of nitrogens with one attached hydrogen (secondary N) is 3. The molecule has 2 aromatic heterocycles. The largest absolute Gasteiger partial charge is 0.393 e. The number of hydrogen-bond acceptors (Lipinski definition) is 10. The zero-order chi connectivity index (χ0) is 36.8. The van der Waals surface area contributed by atoms with E-state index in [4.69, 9.17) is 32.3 Å². The molecular weight excluding hydrogens is 644 g/mol. The van der Waals surface area contributed by atoms with Crippen molar-refractivity contribution < 1.29 is 14.4 Å². The summed E-state index contributed by atoms with van der Waals surface area (Å²) in [4.78, 5) is 47.9. The second kappa shape index (κ2) is 13.8. The van der Waals surface area contributed by atoms with Gasteiger partial charge in [-0.2, -0.15) is 5.10 Å². The number of fused-ring (bicyclic) bond motifs is 3. The molecule has 3 aliphatic rings.